The summed E-state index contributed by atoms with van der Waals surface area (Å²) in [5.74, 6) is -0.394. The quantitative estimate of drug-likeness (QED) is 0.616. The van der Waals surface area contributed by atoms with E-state index in [1.54, 1.807) is 12.1 Å². The molecule has 1 heterocycles. The van der Waals surface area contributed by atoms with Crippen LogP contribution in [0.5, 0.6) is 5.88 Å². The molecule has 0 aliphatic carbocycles. The predicted molar refractivity (Wildman–Crippen MR) is 61.6 cm³/mol. The molecule has 6 heteroatoms. The van der Waals surface area contributed by atoms with Gasteiger partial charge in [-0.2, -0.15) is 0 Å². The van der Waals surface area contributed by atoms with Gasteiger partial charge in [0.2, 0.25) is 0 Å². The largest absolute Gasteiger partial charge is 0.468 e. The van der Waals surface area contributed by atoms with E-state index < -0.39 is 4.92 Å². The molecule has 18 heavy (non-hydrogen) atoms. The highest BCUT2D eigenvalue weighted by atomic mass is 19.1. The standard InChI is InChI=1S/C12H9FN2O3/c13-10-5-3-9(4-6-10)8-18-12-11(15(16)17)2-1-7-14-12/h1-7H,8H2. The maximum atomic E-state index is 12.7. The van der Waals surface area contributed by atoms with Crippen molar-refractivity contribution in [1.82, 2.24) is 4.98 Å². The van der Waals surface area contributed by atoms with Crippen LogP contribution < -0.4 is 4.74 Å². The molecule has 1 aromatic heterocycles. The van der Waals surface area contributed by atoms with Crippen LogP contribution in [0.1, 0.15) is 5.56 Å². The first kappa shape index (κ1) is 12.0. The maximum Gasteiger partial charge on any atom is 0.330 e. The minimum absolute atomic E-state index is 0.0492. The van der Waals surface area contributed by atoms with E-state index in [4.69, 9.17) is 4.74 Å². The van der Waals surface area contributed by atoms with Crippen molar-refractivity contribution in [3.63, 3.8) is 0 Å². The zero-order chi connectivity index (χ0) is 13.0. The Kier molecular flexibility index (Phi) is 3.47. The van der Waals surface area contributed by atoms with Gasteiger partial charge in [0, 0.05) is 12.3 Å². The van der Waals surface area contributed by atoms with Crippen molar-refractivity contribution in [1.29, 1.82) is 0 Å². The van der Waals surface area contributed by atoms with Crippen molar-refractivity contribution in [3.8, 4) is 5.88 Å². The Morgan fingerprint density at radius 2 is 2.00 bits per heavy atom. The smallest absolute Gasteiger partial charge is 0.330 e. The van der Waals surface area contributed by atoms with Crippen molar-refractivity contribution in [3.05, 3.63) is 64.1 Å². The van der Waals surface area contributed by atoms with Crippen LogP contribution in [0.2, 0.25) is 0 Å². The number of hydrogen-bond acceptors (Lipinski definition) is 4. The molecule has 0 N–H and O–H groups in total. The van der Waals surface area contributed by atoms with Crippen LogP contribution in [0.25, 0.3) is 0 Å². The van der Waals surface area contributed by atoms with Gasteiger partial charge in [0.25, 0.3) is 5.88 Å². The summed E-state index contributed by atoms with van der Waals surface area (Å²) in [6, 6.07) is 8.46. The first-order valence-corrected chi connectivity index (χ1v) is 5.13. The minimum atomic E-state index is -0.563. The average Bonchev–Trinajstić information content (AvgIpc) is 2.38. The van der Waals surface area contributed by atoms with Crippen molar-refractivity contribution < 1.29 is 14.1 Å². The second-order valence-electron chi connectivity index (χ2n) is 3.50. The Hall–Kier alpha value is -2.50. The van der Waals surface area contributed by atoms with Gasteiger partial charge in [0.05, 0.1) is 4.92 Å². The summed E-state index contributed by atoms with van der Waals surface area (Å²) >= 11 is 0. The lowest BCUT2D eigenvalue weighted by Crippen LogP contribution is -2.00. The number of halogens is 1. The number of aromatic nitrogens is 1. The monoisotopic (exact) mass is 248 g/mol. The third-order valence-electron chi connectivity index (χ3n) is 2.24. The molecular weight excluding hydrogens is 239 g/mol. The molecule has 0 atom stereocenters. The second kappa shape index (κ2) is 5.22. The van der Waals surface area contributed by atoms with E-state index in [-0.39, 0.29) is 24.0 Å². The van der Waals surface area contributed by atoms with Gasteiger partial charge < -0.3 is 4.74 Å². The van der Waals surface area contributed by atoms with Gasteiger partial charge in [-0.1, -0.05) is 12.1 Å². The molecule has 0 saturated heterocycles. The fraction of sp³-hybridized carbons (Fsp3) is 0.0833. The Bertz CT molecular complexity index is 558. The molecule has 2 rings (SSSR count). The Morgan fingerprint density at radius 3 is 2.67 bits per heavy atom. The molecule has 5 nitrogen and oxygen atoms in total. The molecule has 92 valence electrons. The molecular formula is C12H9FN2O3. The van der Waals surface area contributed by atoms with Crippen molar-refractivity contribution >= 4 is 5.69 Å². The van der Waals surface area contributed by atoms with Gasteiger partial charge in [0.15, 0.2) is 0 Å². The number of hydrogen-bond donors (Lipinski definition) is 0. The lowest BCUT2D eigenvalue weighted by molar-refractivity contribution is -0.386. The van der Waals surface area contributed by atoms with Gasteiger partial charge >= 0.3 is 5.69 Å². The molecule has 1 aromatic carbocycles. The van der Waals surface area contributed by atoms with Crippen molar-refractivity contribution in [2.45, 2.75) is 6.61 Å². The number of nitro groups is 1. The Balaban J connectivity index is 2.10. The normalized spacial score (nSPS) is 10.1. The van der Waals surface area contributed by atoms with Gasteiger partial charge in [-0.25, -0.2) is 9.37 Å². The summed E-state index contributed by atoms with van der Waals surface area (Å²) in [6.45, 7) is 0.0954. The van der Waals surface area contributed by atoms with Gasteiger partial charge in [0.1, 0.15) is 12.4 Å². The van der Waals surface area contributed by atoms with Gasteiger partial charge in [-0.15, -0.1) is 0 Å². The Morgan fingerprint density at radius 1 is 1.28 bits per heavy atom. The third-order valence-corrected chi connectivity index (χ3v) is 2.24. The van der Waals surface area contributed by atoms with E-state index in [0.717, 1.165) is 0 Å². The van der Waals surface area contributed by atoms with Gasteiger partial charge in [-0.3, -0.25) is 10.1 Å². The van der Waals surface area contributed by atoms with Crippen LogP contribution in [0.4, 0.5) is 10.1 Å². The van der Waals surface area contributed by atoms with E-state index in [1.807, 2.05) is 0 Å². The SMILES string of the molecule is O=[N+]([O-])c1cccnc1OCc1ccc(F)cc1. The molecule has 0 unspecified atom stereocenters. The number of rotatable bonds is 4. The first-order valence-electron chi connectivity index (χ1n) is 5.13. The van der Waals surface area contributed by atoms with Crippen LogP contribution in [0.15, 0.2) is 42.6 Å². The summed E-state index contributed by atoms with van der Waals surface area (Å²) in [6.07, 6.45) is 1.41. The summed E-state index contributed by atoms with van der Waals surface area (Å²) < 4.78 is 17.9. The molecule has 0 aliphatic rings. The summed E-state index contributed by atoms with van der Waals surface area (Å²) in [5, 5.41) is 10.7. The highest BCUT2D eigenvalue weighted by molar-refractivity contribution is 5.39. The average molecular weight is 248 g/mol. The third kappa shape index (κ3) is 2.79. The fourth-order valence-corrected chi connectivity index (χ4v) is 1.36. The van der Waals surface area contributed by atoms with Crippen LogP contribution >= 0.6 is 0 Å². The lowest BCUT2D eigenvalue weighted by Gasteiger charge is -2.05. The Labute approximate surface area is 102 Å². The number of pyridine rings is 1. The number of benzene rings is 1. The van der Waals surface area contributed by atoms with E-state index in [2.05, 4.69) is 4.98 Å². The van der Waals surface area contributed by atoms with Crippen LogP contribution in [0, 0.1) is 15.9 Å². The van der Waals surface area contributed by atoms with Gasteiger partial charge in [-0.05, 0) is 23.8 Å². The lowest BCUT2D eigenvalue weighted by atomic mass is 10.2. The topological polar surface area (TPSA) is 65.3 Å². The second-order valence-corrected chi connectivity index (χ2v) is 3.50. The molecule has 2 aromatic rings. The summed E-state index contributed by atoms with van der Waals surface area (Å²) in [4.78, 5) is 13.9. The van der Waals surface area contributed by atoms with E-state index in [9.17, 15) is 14.5 Å². The molecule has 0 saturated carbocycles. The maximum absolute atomic E-state index is 12.7. The molecule has 0 spiro atoms. The molecule has 0 fully saturated rings. The molecule has 0 bridgehead atoms. The minimum Gasteiger partial charge on any atom is -0.468 e. The molecule has 0 amide bonds. The summed E-state index contributed by atoms with van der Waals surface area (Å²) in [5.41, 5.74) is 0.510. The van der Waals surface area contributed by atoms with Crippen LogP contribution in [0.3, 0.4) is 0 Å². The zero-order valence-electron chi connectivity index (χ0n) is 9.25. The fourth-order valence-electron chi connectivity index (χ4n) is 1.36. The molecule has 0 radical (unpaired) electrons. The van der Waals surface area contributed by atoms with Crippen LogP contribution in [-0.2, 0) is 6.61 Å². The molecule has 0 aliphatic heterocycles. The number of ether oxygens (including phenoxy) is 1. The zero-order valence-corrected chi connectivity index (χ0v) is 9.25. The van der Waals surface area contributed by atoms with Crippen molar-refractivity contribution in [2.24, 2.45) is 0 Å². The predicted octanol–water partition coefficient (Wildman–Crippen LogP) is 2.71. The van der Waals surface area contributed by atoms with Crippen molar-refractivity contribution in [2.75, 3.05) is 0 Å². The van der Waals surface area contributed by atoms with E-state index in [0.29, 0.717) is 5.56 Å². The van der Waals surface area contributed by atoms with E-state index in [1.165, 1.54) is 30.5 Å². The first-order chi connectivity index (χ1) is 8.66. The highest BCUT2D eigenvalue weighted by Crippen LogP contribution is 2.23. The van der Waals surface area contributed by atoms with Crippen LogP contribution in [-0.4, -0.2) is 9.91 Å². The summed E-state index contributed by atoms with van der Waals surface area (Å²) in [7, 11) is 0. The number of nitrogens with zero attached hydrogens (tertiary/aromatic N) is 2. The highest BCUT2D eigenvalue weighted by Gasteiger charge is 2.15. The van der Waals surface area contributed by atoms with E-state index >= 15 is 0 Å².